The number of carbonyl (C=O) groups excluding carboxylic acids is 1. The summed E-state index contributed by atoms with van der Waals surface area (Å²) in [7, 11) is 0. The van der Waals surface area contributed by atoms with Crippen molar-refractivity contribution in [2.75, 3.05) is 25.1 Å². The maximum Gasteiger partial charge on any atom is 0.253 e. The van der Waals surface area contributed by atoms with Crippen LogP contribution in [0.5, 0.6) is 0 Å². The number of fused-ring (bicyclic) bond motifs is 3. The average Bonchev–Trinajstić information content (AvgIpc) is 2.48. The van der Waals surface area contributed by atoms with E-state index in [1.807, 2.05) is 0 Å². The van der Waals surface area contributed by atoms with E-state index in [1.54, 1.807) is 6.07 Å². The molecule has 0 saturated carbocycles. The van der Waals surface area contributed by atoms with Gasteiger partial charge in [-0.1, -0.05) is 11.6 Å². The van der Waals surface area contributed by atoms with E-state index in [2.05, 4.69) is 20.6 Å². The van der Waals surface area contributed by atoms with Gasteiger partial charge in [0.2, 0.25) is 0 Å². The van der Waals surface area contributed by atoms with Crippen LogP contribution >= 0.6 is 11.6 Å². The molecule has 3 saturated heterocycles. The SMILES string of the molecule is NNc1ncc(C(=O)NC2CN3CCC2CC3)cc1Cl. The third-order valence-corrected chi connectivity index (χ3v) is 4.50. The zero-order valence-electron chi connectivity index (χ0n) is 11.1. The van der Waals surface area contributed by atoms with Crippen molar-refractivity contribution < 1.29 is 4.79 Å². The first-order chi connectivity index (χ1) is 9.67. The molecule has 1 unspecified atom stereocenters. The second-order valence-electron chi connectivity index (χ2n) is 5.42. The number of nitrogens with one attached hydrogen (secondary N) is 2. The standard InChI is InChI=1S/C13H18ClN5O/c14-10-5-9(6-16-12(10)18-15)13(20)17-11-7-19-3-1-8(11)2-4-19/h5-6,8,11H,1-4,7,15H2,(H,16,18)(H,17,20). The van der Waals surface area contributed by atoms with Crippen LogP contribution in [-0.2, 0) is 0 Å². The summed E-state index contributed by atoms with van der Waals surface area (Å²) in [5, 5.41) is 3.44. The number of nitrogens with two attached hydrogens (primary N) is 1. The fourth-order valence-corrected chi connectivity index (χ4v) is 3.27. The molecule has 108 valence electrons. The summed E-state index contributed by atoms with van der Waals surface area (Å²) in [6.45, 7) is 3.25. The Hall–Kier alpha value is -1.37. The molecular formula is C13H18ClN5O. The number of pyridine rings is 1. The fourth-order valence-electron chi connectivity index (χ4n) is 3.05. The minimum absolute atomic E-state index is 0.123. The van der Waals surface area contributed by atoms with E-state index in [4.69, 9.17) is 17.4 Å². The van der Waals surface area contributed by atoms with Gasteiger partial charge in [-0.2, -0.15) is 0 Å². The molecule has 3 aliphatic rings. The van der Waals surface area contributed by atoms with Gasteiger partial charge in [0, 0.05) is 18.8 Å². The lowest BCUT2D eigenvalue weighted by Crippen LogP contribution is -2.57. The van der Waals surface area contributed by atoms with Gasteiger partial charge in [0.15, 0.2) is 5.82 Å². The molecule has 0 aromatic carbocycles. The lowest BCUT2D eigenvalue weighted by Gasteiger charge is -2.44. The highest BCUT2D eigenvalue weighted by atomic mass is 35.5. The highest BCUT2D eigenvalue weighted by Gasteiger charge is 2.34. The van der Waals surface area contributed by atoms with Crippen LogP contribution < -0.4 is 16.6 Å². The van der Waals surface area contributed by atoms with Gasteiger partial charge >= 0.3 is 0 Å². The molecule has 4 rings (SSSR count). The summed E-state index contributed by atoms with van der Waals surface area (Å²) in [6.07, 6.45) is 3.82. The molecule has 20 heavy (non-hydrogen) atoms. The van der Waals surface area contributed by atoms with Crippen LogP contribution in [0.2, 0.25) is 5.02 Å². The molecule has 4 N–H and O–H groups in total. The Morgan fingerprint density at radius 1 is 1.45 bits per heavy atom. The van der Waals surface area contributed by atoms with E-state index in [-0.39, 0.29) is 11.9 Å². The number of hydrogen-bond donors (Lipinski definition) is 3. The molecule has 1 atom stereocenters. The number of nitrogen functional groups attached to an aromatic ring is 1. The Balaban J connectivity index is 1.68. The van der Waals surface area contributed by atoms with Crippen LogP contribution in [0.1, 0.15) is 23.2 Å². The summed E-state index contributed by atoms with van der Waals surface area (Å²) in [5.74, 6) is 6.10. The second-order valence-corrected chi connectivity index (χ2v) is 5.82. The zero-order valence-corrected chi connectivity index (χ0v) is 11.9. The van der Waals surface area contributed by atoms with Crippen molar-refractivity contribution in [2.45, 2.75) is 18.9 Å². The molecule has 2 bridgehead atoms. The number of aromatic nitrogens is 1. The van der Waals surface area contributed by atoms with Gasteiger partial charge in [-0.3, -0.25) is 4.79 Å². The van der Waals surface area contributed by atoms with Crippen molar-refractivity contribution in [1.29, 1.82) is 0 Å². The van der Waals surface area contributed by atoms with E-state index in [1.165, 1.54) is 19.0 Å². The lowest BCUT2D eigenvalue weighted by atomic mass is 9.84. The summed E-state index contributed by atoms with van der Waals surface area (Å²) in [5.41, 5.74) is 2.85. The predicted octanol–water partition coefficient (Wildman–Crippen LogP) is 0.845. The molecule has 1 aromatic heterocycles. The number of anilines is 1. The number of hydrazine groups is 1. The third-order valence-electron chi connectivity index (χ3n) is 4.21. The van der Waals surface area contributed by atoms with Crippen LogP contribution in [0, 0.1) is 5.92 Å². The number of amides is 1. The van der Waals surface area contributed by atoms with E-state index in [0.717, 1.165) is 19.6 Å². The molecule has 0 radical (unpaired) electrons. The van der Waals surface area contributed by atoms with Crippen molar-refractivity contribution in [3.05, 3.63) is 22.8 Å². The predicted molar refractivity (Wildman–Crippen MR) is 77.5 cm³/mol. The minimum atomic E-state index is -0.123. The maximum atomic E-state index is 12.3. The van der Waals surface area contributed by atoms with E-state index in [0.29, 0.717) is 22.3 Å². The van der Waals surface area contributed by atoms with Gasteiger partial charge in [-0.25, -0.2) is 10.8 Å². The maximum absolute atomic E-state index is 12.3. The quantitative estimate of drug-likeness (QED) is 0.569. The molecule has 3 aliphatic heterocycles. The first-order valence-corrected chi connectivity index (χ1v) is 7.20. The number of carbonyl (C=O) groups is 1. The van der Waals surface area contributed by atoms with Crippen LogP contribution in [0.4, 0.5) is 5.82 Å². The molecule has 1 amide bonds. The summed E-state index contributed by atoms with van der Waals surface area (Å²) < 4.78 is 0. The van der Waals surface area contributed by atoms with Crippen LogP contribution in [0.25, 0.3) is 0 Å². The molecule has 1 aromatic rings. The minimum Gasteiger partial charge on any atom is -0.348 e. The van der Waals surface area contributed by atoms with Crippen LogP contribution in [0.3, 0.4) is 0 Å². The van der Waals surface area contributed by atoms with E-state index >= 15 is 0 Å². The number of nitrogens with zero attached hydrogens (tertiary/aromatic N) is 2. The van der Waals surface area contributed by atoms with Crippen molar-refractivity contribution in [2.24, 2.45) is 11.8 Å². The molecule has 0 aliphatic carbocycles. The van der Waals surface area contributed by atoms with Gasteiger partial charge in [-0.15, -0.1) is 0 Å². The van der Waals surface area contributed by atoms with Crippen molar-refractivity contribution in [3.63, 3.8) is 0 Å². The van der Waals surface area contributed by atoms with E-state index < -0.39 is 0 Å². The number of hydrogen-bond acceptors (Lipinski definition) is 5. The number of rotatable bonds is 3. The average molecular weight is 296 g/mol. The third kappa shape index (κ3) is 2.59. The molecule has 3 fully saturated rings. The lowest BCUT2D eigenvalue weighted by molar-refractivity contribution is 0.0620. The van der Waals surface area contributed by atoms with Gasteiger partial charge in [0.05, 0.1) is 10.6 Å². The van der Waals surface area contributed by atoms with Crippen molar-refractivity contribution in [1.82, 2.24) is 15.2 Å². The molecule has 0 spiro atoms. The van der Waals surface area contributed by atoms with Gasteiger partial charge < -0.3 is 15.6 Å². The number of halogens is 1. The highest BCUT2D eigenvalue weighted by Crippen LogP contribution is 2.27. The van der Waals surface area contributed by atoms with Crippen LogP contribution in [0.15, 0.2) is 12.3 Å². The Morgan fingerprint density at radius 3 is 2.75 bits per heavy atom. The first kappa shape index (κ1) is 13.6. The van der Waals surface area contributed by atoms with Crippen molar-refractivity contribution in [3.8, 4) is 0 Å². The van der Waals surface area contributed by atoms with Gasteiger partial charge in [0.25, 0.3) is 5.91 Å². The topological polar surface area (TPSA) is 83.3 Å². The largest absolute Gasteiger partial charge is 0.348 e. The second kappa shape index (κ2) is 5.55. The Kier molecular flexibility index (Phi) is 3.78. The monoisotopic (exact) mass is 295 g/mol. The van der Waals surface area contributed by atoms with Crippen molar-refractivity contribution >= 4 is 23.3 Å². The van der Waals surface area contributed by atoms with Gasteiger partial charge in [-0.05, 0) is 37.9 Å². The normalized spacial score (nSPS) is 28.2. The number of piperidine rings is 3. The molecule has 4 heterocycles. The highest BCUT2D eigenvalue weighted by molar-refractivity contribution is 6.33. The zero-order chi connectivity index (χ0) is 14.1. The Labute approximate surface area is 122 Å². The fraction of sp³-hybridized carbons (Fsp3) is 0.538. The molecule has 6 nitrogen and oxygen atoms in total. The summed E-state index contributed by atoms with van der Waals surface area (Å²) >= 11 is 5.99. The first-order valence-electron chi connectivity index (χ1n) is 6.83. The molecular weight excluding hydrogens is 278 g/mol. The van der Waals surface area contributed by atoms with E-state index in [9.17, 15) is 4.79 Å². The Morgan fingerprint density at radius 2 is 2.20 bits per heavy atom. The van der Waals surface area contributed by atoms with Gasteiger partial charge in [0.1, 0.15) is 0 Å². The smallest absolute Gasteiger partial charge is 0.253 e. The molecule has 7 heteroatoms. The summed E-state index contributed by atoms with van der Waals surface area (Å²) in [6, 6.07) is 1.82. The Bertz CT molecular complexity index is 515. The summed E-state index contributed by atoms with van der Waals surface area (Å²) in [4.78, 5) is 18.7. The van der Waals surface area contributed by atoms with Crippen LogP contribution in [-0.4, -0.2) is 41.5 Å².